The Morgan fingerprint density at radius 2 is 0.681 bits per heavy atom. The molecule has 0 heterocycles. The van der Waals surface area contributed by atoms with Crippen molar-refractivity contribution in [1.29, 1.82) is 0 Å². The van der Waals surface area contributed by atoms with Gasteiger partial charge in [0.25, 0.3) is 0 Å². The highest BCUT2D eigenvalue weighted by molar-refractivity contribution is 7.47. The highest BCUT2D eigenvalue weighted by Crippen LogP contribution is 2.43. The first-order chi connectivity index (χ1) is 35.2. The SMILES string of the molecule is CCCCC/C=C\C/C=C\CCCCCCCC(=O)OCC(COP(=O)(O)OCC(CO)OC(=O)CCCCCCC/C=C\CCCCCC)OC(=O)CCCCCCCCC/C=C\CCCCCCCC. The Labute approximate surface area is 441 Å². The van der Waals surface area contributed by atoms with Gasteiger partial charge in [0.05, 0.1) is 19.8 Å². The lowest BCUT2D eigenvalue weighted by molar-refractivity contribution is -0.161. The summed E-state index contributed by atoms with van der Waals surface area (Å²) in [5, 5.41) is 9.81. The summed E-state index contributed by atoms with van der Waals surface area (Å²) in [6, 6.07) is 0. The van der Waals surface area contributed by atoms with E-state index in [2.05, 4.69) is 69.4 Å². The third kappa shape index (κ3) is 52.3. The summed E-state index contributed by atoms with van der Waals surface area (Å²) in [7, 11) is -4.75. The average molecular weight is 1040 g/mol. The fourth-order valence-corrected chi connectivity index (χ4v) is 8.92. The van der Waals surface area contributed by atoms with Gasteiger partial charge in [0.1, 0.15) is 12.7 Å². The summed E-state index contributed by atoms with van der Waals surface area (Å²) in [6.45, 7) is 4.60. The number of aliphatic hydroxyl groups is 1. The highest BCUT2D eigenvalue weighted by Gasteiger charge is 2.28. The van der Waals surface area contributed by atoms with E-state index in [0.29, 0.717) is 19.3 Å². The zero-order valence-electron chi connectivity index (χ0n) is 46.4. The lowest BCUT2D eigenvalue weighted by Crippen LogP contribution is -2.30. The number of phosphoric acid groups is 1. The van der Waals surface area contributed by atoms with Crippen LogP contribution in [0.4, 0.5) is 0 Å². The molecule has 0 bridgehead atoms. The van der Waals surface area contributed by atoms with E-state index in [9.17, 15) is 28.9 Å². The van der Waals surface area contributed by atoms with Gasteiger partial charge in [-0.2, -0.15) is 0 Å². The van der Waals surface area contributed by atoms with Crippen LogP contribution in [0.25, 0.3) is 0 Å². The van der Waals surface area contributed by atoms with Crippen LogP contribution in [0.3, 0.4) is 0 Å². The molecule has 0 fully saturated rings. The second kappa shape index (κ2) is 54.7. The summed E-state index contributed by atoms with van der Waals surface area (Å²) in [5.74, 6) is -1.48. The van der Waals surface area contributed by atoms with Gasteiger partial charge in [-0.1, -0.05) is 204 Å². The Hall–Kier alpha value is -2.56. The van der Waals surface area contributed by atoms with Crippen molar-refractivity contribution in [2.24, 2.45) is 0 Å². The van der Waals surface area contributed by atoms with Crippen LogP contribution in [0.2, 0.25) is 0 Å². The molecule has 0 aromatic heterocycles. The predicted octanol–water partition coefficient (Wildman–Crippen LogP) is 17.4. The molecule has 3 atom stereocenters. The van der Waals surface area contributed by atoms with Crippen LogP contribution < -0.4 is 0 Å². The average Bonchev–Trinajstić information content (AvgIpc) is 3.37. The topological polar surface area (TPSA) is 155 Å². The summed E-state index contributed by atoms with van der Waals surface area (Å²) in [4.78, 5) is 48.5. The van der Waals surface area contributed by atoms with Gasteiger partial charge in [0.15, 0.2) is 6.10 Å². The van der Waals surface area contributed by atoms with E-state index in [1.807, 2.05) is 0 Å². The number of esters is 3. The van der Waals surface area contributed by atoms with Crippen molar-refractivity contribution >= 4 is 25.7 Å². The van der Waals surface area contributed by atoms with Crippen molar-refractivity contribution in [3.8, 4) is 0 Å². The van der Waals surface area contributed by atoms with E-state index in [1.165, 1.54) is 109 Å². The second-order valence-corrected chi connectivity index (χ2v) is 21.3. The van der Waals surface area contributed by atoms with Crippen LogP contribution in [0, 0.1) is 0 Å². The number of carbonyl (C=O) groups excluding carboxylic acids is 3. The van der Waals surface area contributed by atoms with Crippen LogP contribution in [0.5, 0.6) is 0 Å². The summed E-state index contributed by atoms with van der Waals surface area (Å²) in [6.07, 6.45) is 57.7. The first-order valence-corrected chi connectivity index (χ1v) is 31.0. The van der Waals surface area contributed by atoms with Crippen molar-refractivity contribution < 1.29 is 52.2 Å². The zero-order chi connectivity index (χ0) is 52.7. The molecule has 0 radical (unpaired) electrons. The molecule has 0 aliphatic carbocycles. The quantitative estimate of drug-likeness (QED) is 0.0197. The van der Waals surface area contributed by atoms with Gasteiger partial charge in [-0.05, 0) is 103 Å². The molecule has 0 saturated heterocycles. The standard InChI is InChI=1S/C60H109O11P/c1-4-7-10-13-16-19-22-25-27-28-30-33-36-39-42-45-48-51-60(64)71-57(53-67-58(62)49-46-43-40-37-34-32-29-26-23-20-17-14-11-8-5-2)55-69-72(65,66)68-54-56(52-61)70-59(63)50-47-44-41-38-35-31-24-21-18-15-12-9-6-3/h17,20-21,24-27,29,56-57,61H,4-16,18-19,22-23,28,30-55H2,1-3H3,(H,65,66)/b20-17-,24-21-,27-25-,29-26-. The number of ether oxygens (including phenoxy) is 3. The number of carbonyl (C=O) groups is 3. The minimum Gasteiger partial charge on any atom is -0.462 e. The van der Waals surface area contributed by atoms with Gasteiger partial charge in [0, 0.05) is 19.3 Å². The third-order valence-corrected chi connectivity index (χ3v) is 13.6. The minimum absolute atomic E-state index is 0.160. The van der Waals surface area contributed by atoms with Gasteiger partial charge >= 0.3 is 25.7 Å². The fraction of sp³-hybridized carbons (Fsp3) is 0.817. The summed E-state index contributed by atoms with van der Waals surface area (Å²) in [5.41, 5.74) is 0. The van der Waals surface area contributed by atoms with Crippen molar-refractivity contribution in [1.82, 2.24) is 0 Å². The molecule has 0 saturated carbocycles. The molecule has 0 aromatic rings. The number of rotatable bonds is 55. The number of hydrogen-bond acceptors (Lipinski definition) is 10. The smallest absolute Gasteiger partial charge is 0.462 e. The summed E-state index contributed by atoms with van der Waals surface area (Å²) < 4.78 is 39.5. The molecule has 72 heavy (non-hydrogen) atoms. The maximum absolute atomic E-state index is 12.9. The molecule has 0 aliphatic heterocycles. The van der Waals surface area contributed by atoms with E-state index in [1.54, 1.807) is 0 Å². The van der Waals surface area contributed by atoms with E-state index >= 15 is 0 Å². The number of allylic oxidation sites excluding steroid dienone is 8. The van der Waals surface area contributed by atoms with Crippen molar-refractivity contribution in [3.05, 3.63) is 48.6 Å². The van der Waals surface area contributed by atoms with Crippen LogP contribution in [0.15, 0.2) is 48.6 Å². The molecule has 0 aromatic carbocycles. The van der Waals surface area contributed by atoms with E-state index in [0.717, 1.165) is 109 Å². The first-order valence-electron chi connectivity index (χ1n) is 29.5. The Bertz CT molecular complexity index is 1400. The molecule has 0 amide bonds. The monoisotopic (exact) mass is 1040 g/mol. The minimum atomic E-state index is -4.75. The number of aliphatic hydroxyl groups excluding tert-OH is 1. The van der Waals surface area contributed by atoms with Crippen molar-refractivity contribution in [3.63, 3.8) is 0 Å². The number of hydrogen-bond donors (Lipinski definition) is 2. The van der Waals surface area contributed by atoms with Crippen LogP contribution in [0.1, 0.15) is 278 Å². The van der Waals surface area contributed by atoms with E-state index < -0.39 is 57.8 Å². The van der Waals surface area contributed by atoms with Gasteiger partial charge in [-0.3, -0.25) is 23.4 Å². The number of unbranched alkanes of at least 4 members (excludes halogenated alkanes) is 30. The van der Waals surface area contributed by atoms with Crippen LogP contribution in [-0.4, -0.2) is 66.5 Å². The maximum Gasteiger partial charge on any atom is 0.472 e. The van der Waals surface area contributed by atoms with Crippen LogP contribution in [-0.2, 0) is 42.2 Å². The van der Waals surface area contributed by atoms with Gasteiger partial charge in [-0.25, -0.2) is 4.57 Å². The Morgan fingerprint density at radius 3 is 1.08 bits per heavy atom. The molecular weight excluding hydrogens is 928 g/mol. The van der Waals surface area contributed by atoms with Crippen LogP contribution >= 0.6 is 7.82 Å². The molecule has 0 spiro atoms. The Kier molecular flexibility index (Phi) is 52.7. The van der Waals surface area contributed by atoms with Gasteiger partial charge < -0.3 is 24.2 Å². The molecule has 420 valence electrons. The normalized spacial score (nSPS) is 13.7. The molecule has 0 aliphatic rings. The zero-order valence-corrected chi connectivity index (χ0v) is 47.3. The lowest BCUT2D eigenvalue weighted by atomic mass is 10.1. The number of phosphoric ester groups is 1. The molecule has 2 N–H and O–H groups in total. The predicted molar refractivity (Wildman–Crippen MR) is 298 cm³/mol. The van der Waals surface area contributed by atoms with E-state index in [-0.39, 0.29) is 25.9 Å². The molecule has 0 rings (SSSR count). The summed E-state index contributed by atoms with van der Waals surface area (Å²) >= 11 is 0. The van der Waals surface area contributed by atoms with Crippen molar-refractivity contribution in [2.45, 2.75) is 290 Å². The third-order valence-electron chi connectivity index (χ3n) is 12.7. The Balaban J connectivity index is 4.74. The fourth-order valence-electron chi connectivity index (χ4n) is 8.14. The van der Waals surface area contributed by atoms with Gasteiger partial charge in [0.2, 0.25) is 0 Å². The first kappa shape index (κ1) is 69.4. The maximum atomic E-state index is 12.9. The largest absolute Gasteiger partial charge is 0.472 e. The molecular formula is C60H109O11P. The highest BCUT2D eigenvalue weighted by atomic mass is 31.2. The van der Waals surface area contributed by atoms with Gasteiger partial charge in [-0.15, -0.1) is 0 Å². The van der Waals surface area contributed by atoms with Crippen molar-refractivity contribution in [2.75, 3.05) is 26.4 Å². The lowest BCUT2D eigenvalue weighted by Gasteiger charge is -2.21. The second-order valence-electron chi connectivity index (χ2n) is 19.8. The molecule has 11 nitrogen and oxygen atoms in total. The molecule has 3 unspecified atom stereocenters. The Morgan fingerprint density at radius 1 is 0.389 bits per heavy atom. The van der Waals surface area contributed by atoms with E-state index in [4.69, 9.17) is 23.3 Å². The molecule has 12 heteroatoms.